The van der Waals surface area contributed by atoms with Gasteiger partial charge in [0, 0.05) is 36.4 Å². The van der Waals surface area contributed by atoms with Crippen molar-refractivity contribution in [1.29, 1.82) is 0 Å². The van der Waals surface area contributed by atoms with E-state index in [1.165, 1.54) is 17.3 Å². The molecule has 2 nitrogen and oxygen atoms in total. The molecule has 1 aliphatic rings. The summed E-state index contributed by atoms with van der Waals surface area (Å²) in [5.41, 5.74) is 3.69. The molecule has 4 rings (SSSR count). The highest BCUT2D eigenvalue weighted by Gasteiger charge is 2.19. The quantitative estimate of drug-likeness (QED) is 0.650. The van der Waals surface area contributed by atoms with E-state index < -0.39 is 0 Å². The van der Waals surface area contributed by atoms with Crippen LogP contribution in [0.15, 0.2) is 60.7 Å². The highest BCUT2D eigenvalue weighted by molar-refractivity contribution is 5.87. The molecule has 0 spiro atoms. The molecule has 0 bridgehead atoms. The van der Waals surface area contributed by atoms with Crippen LogP contribution < -0.4 is 4.90 Å². The fraction of sp³-hybridized carbons (Fsp3) is 0.200. The molecule has 1 heterocycles. The first-order valence-corrected chi connectivity index (χ1v) is 7.95. The van der Waals surface area contributed by atoms with Crippen LogP contribution >= 0.6 is 0 Å². The average molecular weight is 306 g/mol. The van der Waals surface area contributed by atoms with Crippen LogP contribution in [0, 0.1) is 5.82 Å². The van der Waals surface area contributed by atoms with E-state index in [1.54, 1.807) is 6.07 Å². The van der Waals surface area contributed by atoms with Crippen LogP contribution in [-0.2, 0) is 6.54 Å². The number of likely N-dealkylation sites (N-methyl/N-ethyl adjacent to an activating group) is 1. The van der Waals surface area contributed by atoms with E-state index in [4.69, 9.17) is 0 Å². The minimum Gasteiger partial charge on any atom is -0.340 e. The smallest absolute Gasteiger partial charge is 0.131 e. The Labute approximate surface area is 135 Å². The van der Waals surface area contributed by atoms with Gasteiger partial charge in [0.2, 0.25) is 0 Å². The summed E-state index contributed by atoms with van der Waals surface area (Å²) < 4.78 is 13.9. The molecule has 0 saturated carbocycles. The van der Waals surface area contributed by atoms with E-state index in [-0.39, 0.29) is 5.82 Å². The molecular formula is C20H19FN2. The molecule has 0 fully saturated rings. The molecule has 3 heteroatoms. The third-order valence-corrected chi connectivity index (χ3v) is 4.55. The van der Waals surface area contributed by atoms with Gasteiger partial charge in [0.15, 0.2) is 0 Å². The fourth-order valence-electron chi connectivity index (χ4n) is 3.34. The van der Waals surface area contributed by atoms with E-state index in [9.17, 15) is 4.39 Å². The Bertz CT molecular complexity index is 859. The molecule has 0 radical (unpaired) electrons. The highest BCUT2D eigenvalue weighted by Crippen LogP contribution is 2.33. The standard InChI is InChI=1S/C20H19FN2/c1-22-11-12-23(20-8-3-2-5-16(20)14-22)17-9-10-18-15(13-17)6-4-7-19(18)21/h2-10,13H,11-12,14H2,1H3. The summed E-state index contributed by atoms with van der Waals surface area (Å²) in [6, 6.07) is 19.8. The van der Waals surface area contributed by atoms with Crippen LogP contribution in [0.1, 0.15) is 5.56 Å². The molecule has 0 aromatic heterocycles. The van der Waals surface area contributed by atoms with Crippen LogP contribution in [0.4, 0.5) is 15.8 Å². The fourth-order valence-corrected chi connectivity index (χ4v) is 3.34. The maximum atomic E-state index is 13.9. The largest absolute Gasteiger partial charge is 0.340 e. The van der Waals surface area contributed by atoms with E-state index >= 15 is 0 Å². The third kappa shape index (κ3) is 2.57. The lowest BCUT2D eigenvalue weighted by Crippen LogP contribution is -2.26. The van der Waals surface area contributed by atoms with Gasteiger partial charge in [0.05, 0.1) is 0 Å². The summed E-state index contributed by atoms with van der Waals surface area (Å²) in [5, 5.41) is 1.62. The van der Waals surface area contributed by atoms with Gasteiger partial charge >= 0.3 is 0 Å². The number of hydrogen-bond donors (Lipinski definition) is 0. The first-order chi connectivity index (χ1) is 11.2. The van der Waals surface area contributed by atoms with E-state index in [0.29, 0.717) is 5.39 Å². The second kappa shape index (κ2) is 5.67. The summed E-state index contributed by atoms with van der Waals surface area (Å²) in [4.78, 5) is 4.67. The van der Waals surface area contributed by atoms with Crippen molar-refractivity contribution in [1.82, 2.24) is 4.90 Å². The number of anilines is 2. The number of fused-ring (bicyclic) bond motifs is 2. The zero-order chi connectivity index (χ0) is 15.8. The lowest BCUT2D eigenvalue weighted by molar-refractivity contribution is 0.343. The van der Waals surface area contributed by atoms with Gasteiger partial charge in [0.25, 0.3) is 0 Å². The van der Waals surface area contributed by atoms with Crippen LogP contribution in [0.2, 0.25) is 0 Å². The lowest BCUT2D eigenvalue weighted by Gasteiger charge is -2.25. The van der Waals surface area contributed by atoms with Gasteiger partial charge in [-0.05, 0) is 48.3 Å². The number of nitrogens with zero attached hydrogens (tertiary/aromatic N) is 2. The first-order valence-electron chi connectivity index (χ1n) is 7.95. The highest BCUT2D eigenvalue weighted by atomic mass is 19.1. The normalized spacial score (nSPS) is 15.5. The number of para-hydroxylation sites is 1. The van der Waals surface area contributed by atoms with E-state index in [2.05, 4.69) is 47.2 Å². The van der Waals surface area contributed by atoms with E-state index in [1.807, 2.05) is 18.2 Å². The second-order valence-electron chi connectivity index (χ2n) is 6.16. The molecule has 23 heavy (non-hydrogen) atoms. The first kappa shape index (κ1) is 14.2. The van der Waals surface area contributed by atoms with Crippen LogP contribution in [0.3, 0.4) is 0 Å². The van der Waals surface area contributed by atoms with Crippen molar-refractivity contribution in [2.75, 3.05) is 25.0 Å². The molecule has 3 aromatic rings. The van der Waals surface area contributed by atoms with Gasteiger partial charge in [-0.1, -0.05) is 30.3 Å². The summed E-state index contributed by atoms with van der Waals surface area (Å²) >= 11 is 0. The van der Waals surface area contributed by atoms with Gasteiger partial charge in [-0.25, -0.2) is 4.39 Å². The summed E-state index contributed by atoms with van der Waals surface area (Å²) in [7, 11) is 2.15. The summed E-state index contributed by atoms with van der Waals surface area (Å²) in [6.45, 7) is 2.87. The summed E-state index contributed by atoms with van der Waals surface area (Å²) in [6.07, 6.45) is 0. The third-order valence-electron chi connectivity index (χ3n) is 4.55. The van der Waals surface area contributed by atoms with Crippen molar-refractivity contribution in [2.45, 2.75) is 6.54 Å². The number of hydrogen-bond acceptors (Lipinski definition) is 2. The number of halogens is 1. The zero-order valence-electron chi connectivity index (χ0n) is 13.2. The Hall–Kier alpha value is -2.39. The van der Waals surface area contributed by atoms with Crippen LogP contribution in [0.25, 0.3) is 10.8 Å². The van der Waals surface area contributed by atoms with Crippen molar-refractivity contribution >= 4 is 22.1 Å². The van der Waals surface area contributed by atoms with E-state index in [0.717, 1.165) is 30.7 Å². The zero-order valence-corrected chi connectivity index (χ0v) is 13.2. The van der Waals surface area contributed by atoms with Crippen molar-refractivity contribution < 1.29 is 4.39 Å². The van der Waals surface area contributed by atoms with Gasteiger partial charge in [0.1, 0.15) is 5.82 Å². The maximum Gasteiger partial charge on any atom is 0.131 e. The number of benzene rings is 3. The monoisotopic (exact) mass is 306 g/mol. The molecular weight excluding hydrogens is 287 g/mol. The molecule has 0 unspecified atom stereocenters. The predicted molar refractivity (Wildman–Crippen MR) is 93.7 cm³/mol. The molecule has 1 aliphatic heterocycles. The average Bonchev–Trinajstić information content (AvgIpc) is 2.73. The van der Waals surface area contributed by atoms with Crippen molar-refractivity contribution in [2.24, 2.45) is 0 Å². The van der Waals surface area contributed by atoms with Crippen molar-refractivity contribution in [3.63, 3.8) is 0 Å². The van der Waals surface area contributed by atoms with Gasteiger partial charge in [-0.2, -0.15) is 0 Å². The topological polar surface area (TPSA) is 6.48 Å². The molecule has 0 atom stereocenters. The Balaban J connectivity index is 1.84. The predicted octanol–water partition coefficient (Wildman–Crippen LogP) is 4.56. The lowest BCUT2D eigenvalue weighted by atomic mass is 10.1. The Kier molecular flexibility index (Phi) is 3.50. The van der Waals surface area contributed by atoms with Crippen LogP contribution in [0.5, 0.6) is 0 Å². The van der Waals surface area contributed by atoms with Crippen molar-refractivity contribution in [3.05, 3.63) is 72.0 Å². The van der Waals surface area contributed by atoms with Gasteiger partial charge < -0.3 is 9.80 Å². The minimum absolute atomic E-state index is 0.162. The van der Waals surface area contributed by atoms with Gasteiger partial charge in [-0.15, -0.1) is 0 Å². The Morgan fingerprint density at radius 1 is 0.913 bits per heavy atom. The summed E-state index contributed by atoms with van der Waals surface area (Å²) in [5.74, 6) is -0.162. The van der Waals surface area contributed by atoms with Gasteiger partial charge in [-0.3, -0.25) is 0 Å². The van der Waals surface area contributed by atoms with Crippen LogP contribution in [-0.4, -0.2) is 25.0 Å². The molecule has 116 valence electrons. The molecule has 0 N–H and O–H groups in total. The molecule has 0 amide bonds. The minimum atomic E-state index is -0.162. The Morgan fingerprint density at radius 3 is 2.70 bits per heavy atom. The Morgan fingerprint density at radius 2 is 1.78 bits per heavy atom. The molecule has 3 aromatic carbocycles. The number of rotatable bonds is 1. The second-order valence-corrected chi connectivity index (χ2v) is 6.16. The SMILES string of the molecule is CN1CCN(c2ccc3c(F)cccc3c2)c2ccccc2C1. The van der Waals surface area contributed by atoms with Crippen molar-refractivity contribution in [3.8, 4) is 0 Å². The molecule has 0 aliphatic carbocycles. The maximum absolute atomic E-state index is 13.9. The molecule has 0 saturated heterocycles.